The van der Waals surface area contributed by atoms with Gasteiger partial charge in [-0.25, -0.2) is 19.7 Å². The number of hydrogen-bond donors (Lipinski definition) is 2. The van der Waals surface area contributed by atoms with Crippen LogP contribution in [0.25, 0.3) is 22.6 Å². The van der Waals surface area contributed by atoms with Crippen LogP contribution < -0.4 is 10.3 Å². The van der Waals surface area contributed by atoms with Gasteiger partial charge in [0.05, 0.1) is 15.6 Å². The molecule has 2 amide bonds. The van der Waals surface area contributed by atoms with Gasteiger partial charge in [0.15, 0.2) is 16.7 Å². The summed E-state index contributed by atoms with van der Waals surface area (Å²) in [6, 6.07) is 10.7. The second kappa shape index (κ2) is 7.79. The fourth-order valence-electron chi connectivity index (χ4n) is 2.80. The number of halogens is 2. The van der Waals surface area contributed by atoms with E-state index in [1.165, 1.54) is 11.3 Å². The predicted octanol–water partition coefficient (Wildman–Crippen LogP) is 5.08. The lowest BCUT2D eigenvalue weighted by atomic mass is 10.2. The molecule has 3 N–H and O–H groups in total. The van der Waals surface area contributed by atoms with Gasteiger partial charge in [-0.1, -0.05) is 29.3 Å². The summed E-state index contributed by atoms with van der Waals surface area (Å²) < 4.78 is 0. The van der Waals surface area contributed by atoms with Gasteiger partial charge >= 0.3 is 11.9 Å². The molecule has 2 heterocycles. The van der Waals surface area contributed by atoms with Gasteiger partial charge in [0.1, 0.15) is 0 Å². The first-order valence-corrected chi connectivity index (χ1v) is 10.1. The summed E-state index contributed by atoms with van der Waals surface area (Å²) in [6.45, 7) is 0.412. The Morgan fingerprint density at radius 2 is 2.11 bits per heavy atom. The minimum Gasteiger partial charge on any atom is -0.323 e. The Labute approximate surface area is 175 Å². The van der Waals surface area contributed by atoms with E-state index in [0.29, 0.717) is 22.3 Å². The number of nitrogens with one attached hydrogen (secondary N) is 3. The number of benzene rings is 2. The van der Waals surface area contributed by atoms with Gasteiger partial charge < -0.3 is 10.2 Å². The average molecular weight is 433 g/mol. The molecule has 0 aliphatic carbocycles. The Bertz CT molecular complexity index is 1140. The molecule has 28 heavy (non-hydrogen) atoms. The maximum Gasteiger partial charge on any atom is 0.321 e. The molecule has 0 atom stereocenters. The SMILES string of the molecule is CN(Cc1ccc(Cl)c(Cl)c1)C(=O)Nc1ccc2[nH+]c(-c3cscn3)[nH]c2c1. The smallest absolute Gasteiger partial charge is 0.321 e. The molecule has 0 saturated carbocycles. The standard InChI is InChI=1S/C19H15Cl2N5OS/c1-26(8-11-2-4-13(20)14(21)6-11)19(27)23-12-3-5-15-16(7-12)25-18(24-15)17-9-28-10-22-17/h2-7,9-10H,8H2,1H3,(H,23,27)(H,24,25)/p+1. The third-order valence-electron chi connectivity index (χ3n) is 4.23. The molecule has 0 fully saturated rings. The largest absolute Gasteiger partial charge is 0.323 e. The van der Waals surface area contributed by atoms with Gasteiger partial charge in [-0.05, 0) is 29.8 Å². The number of fused-ring (bicyclic) bond motifs is 1. The van der Waals surface area contributed by atoms with Crippen LogP contribution in [0.1, 0.15) is 5.56 Å². The van der Waals surface area contributed by atoms with E-state index in [9.17, 15) is 4.79 Å². The van der Waals surface area contributed by atoms with Gasteiger partial charge in [0.25, 0.3) is 0 Å². The van der Waals surface area contributed by atoms with Crippen molar-refractivity contribution in [2.24, 2.45) is 0 Å². The number of hydrogen-bond acceptors (Lipinski definition) is 3. The highest BCUT2D eigenvalue weighted by atomic mass is 35.5. The fourth-order valence-corrected chi connectivity index (χ4v) is 3.67. The quantitative estimate of drug-likeness (QED) is 0.471. The third kappa shape index (κ3) is 3.96. The van der Waals surface area contributed by atoms with Gasteiger partial charge in [-0.2, -0.15) is 0 Å². The second-order valence-electron chi connectivity index (χ2n) is 6.29. The van der Waals surface area contributed by atoms with Gasteiger partial charge in [0.2, 0.25) is 0 Å². The molecule has 4 aromatic rings. The van der Waals surface area contributed by atoms with Crippen molar-refractivity contribution >= 4 is 57.3 Å². The van der Waals surface area contributed by atoms with Crippen molar-refractivity contribution in [1.82, 2.24) is 14.9 Å². The zero-order valence-electron chi connectivity index (χ0n) is 14.8. The minimum absolute atomic E-state index is 0.222. The summed E-state index contributed by atoms with van der Waals surface area (Å²) in [7, 11) is 1.72. The molecule has 0 aliphatic heterocycles. The van der Waals surface area contributed by atoms with E-state index in [-0.39, 0.29) is 6.03 Å². The summed E-state index contributed by atoms with van der Waals surface area (Å²) in [4.78, 5) is 25.0. The normalized spacial score (nSPS) is 11.0. The number of nitrogens with zero attached hydrogens (tertiary/aromatic N) is 2. The van der Waals surface area contributed by atoms with Crippen molar-refractivity contribution in [3.05, 3.63) is 62.9 Å². The molecule has 142 valence electrons. The average Bonchev–Trinajstić information content (AvgIpc) is 3.33. The van der Waals surface area contributed by atoms with Crippen LogP contribution in [0.15, 0.2) is 47.3 Å². The molecule has 9 heteroatoms. The number of urea groups is 1. The molecule has 0 aliphatic rings. The predicted molar refractivity (Wildman–Crippen MR) is 113 cm³/mol. The number of aromatic nitrogens is 3. The lowest BCUT2D eigenvalue weighted by Gasteiger charge is -2.18. The van der Waals surface area contributed by atoms with Gasteiger partial charge in [-0.15, -0.1) is 11.3 Å². The van der Waals surface area contributed by atoms with Crippen LogP contribution in [0.3, 0.4) is 0 Å². The molecule has 0 unspecified atom stereocenters. The summed E-state index contributed by atoms with van der Waals surface area (Å²) in [5, 5.41) is 5.83. The van der Waals surface area contributed by atoms with Crippen molar-refractivity contribution in [3.8, 4) is 11.5 Å². The molecule has 0 saturated heterocycles. The summed E-state index contributed by atoms with van der Waals surface area (Å²) in [6.07, 6.45) is 0. The van der Waals surface area contributed by atoms with E-state index in [1.54, 1.807) is 29.6 Å². The van der Waals surface area contributed by atoms with Crippen LogP contribution in [0.4, 0.5) is 10.5 Å². The number of carbonyl (C=O) groups is 1. The number of rotatable bonds is 4. The number of H-pyrrole nitrogens is 2. The number of thiazole rings is 1. The number of imidazole rings is 1. The van der Waals surface area contributed by atoms with Crippen LogP contribution in [-0.2, 0) is 6.54 Å². The minimum atomic E-state index is -0.222. The van der Waals surface area contributed by atoms with Crippen molar-refractivity contribution in [3.63, 3.8) is 0 Å². The maximum absolute atomic E-state index is 12.5. The van der Waals surface area contributed by atoms with Crippen molar-refractivity contribution in [1.29, 1.82) is 0 Å². The molecular weight excluding hydrogens is 417 g/mol. The summed E-state index contributed by atoms with van der Waals surface area (Å²) in [5.74, 6) is 0.830. The number of carbonyl (C=O) groups excluding carboxylic acids is 1. The topological polar surface area (TPSA) is 75.2 Å². The first-order valence-electron chi connectivity index (χ1n) is 8.39. The van der Waals surface area contributed by atoms with E-state index in [2.05, 4.69) is 20.3 Å². The van der Waals surface area contributed by atoms with Gasteiger partial charge in [0, 0.05) is 30.7 Å². The van der Waals surface area contributed by atoms with Crippen molar-refractivity contribution in [2.75, 3.05) is 12.4 Å². The molecular formula is C19H16Cl2N5OS+. The highest BCUT2D eigenvalue weighted by Crippen LogP contribution is 2.23. The third-order valence-corrected chi connectivity index (χ3v) is 5.55. The fraction of sp³-hybridized carbons (Fsp3) is 0.105. The Morgan fingerprint density at radius 1 is 1.25 bits per heavy atom. The van der Waals surface area contributed by atoms with Crippen LogP contribution in [-0.4, -0.2) is 27.9 Å². The highest BCUT2D eigenvalue weighted by Gasteiger charge is 2.16. The number of anilines is 1. The van der Waals surface area contributed by atoms with E-state index in [4.69, 9.17) is 23.2 Å². The zero-order chi connectivity index (χ0) is 19.7. The molecule has 0 bridgehead atoms. The second-order valence-corrected chi connectivity index (χ2v) is 7.83. The van der Waals surface area contributed by atoms with Crippen LogP contribution in [0.2, 0.25) is 10.0 Å². The molecule has 2 aromatic heterocycles. The van der Waals surface area contributed by atoms with E-state index < -0.39 is 0 Å². The number of amides is 2. The lowest BCUT2D eigenvalue weighted by Crippen LogP contribution is -2.30. The Kier molecular flexibility index (Phi) is 5.21. The summed E-state index contributed by atoms with van der Waals surface area (Å²) in [5.41, 5.74) is 6.04. The highest BCUT2D eigenvalue weighted by molar-refractivity contribution is 7.07. The molecule has 0 spiro atoms. The van der Waals surface area contributed by atoms with Gasteiger partial charge in [-0.3, -0.25) is 0 Å². The van der Waals surface area contributed by atoms with E-state index in [0.717, 1.165) is 28.1 Å². The van der Waals surface area contributed by atoms with E-state index in [1.807, 2.05) is 29.6 Å². The van der Waals surface area contributed by atoms with E-state index >= 15 is 0 Å². The van der Waals surface area contributed by atoms with Crippen LogP contribution >= 0.6 is 34.5 Å². The lowest BCUT2D eigenvalue weighted by molar-refractivity contribution is -0.330. The maximum atomic E-state index is 12.5. The first-order chi connectivity index (χ1) is 13.5. The van der Waals surface area contributed by atoms with Crippen LogP contribution in [0.5, 0.6) is 0 Å². The zero-order valence-corrected chi connectivity index (χ0v) is 17.1. The Hall–Kier alpha value is -2.61. The number of aromatic amines is 2. The molecule has 0 radical (unpaired) electrons. The molecule has 6 nitrogen and oxygen atoms in total. The molecule has 2 aromatic carbocycles. The van der Waals surface area contributed by atoms with Crippen molar-refractivity contribution < 1.29 is 9.78 Å². The van der Waals surface area contributed by atoms with Crippen molar-refractivity contribution in [2.45, 2.75) is 6.54 Å². The molecule has 4 rings (SSSR count). The Morgan fingerprint density at radius 3 is 2.86 bits per heavy atom. The van der Waals surface area contributed by atoms with Crippen LogP contribution in [0, 0.1) is 0 Å². The first kappa shape index (κ1) is 18.7. The Balaban J connectivity index is 1.47. The monoisotopic (exact) mass is 432 g/mol. The summed E-state index contributed by atoms with van der Waals surface area (Å²) >= 11 is 13.5.